The van der Waals surface area contributed by atoms with E-state index in [9.17, 15) is 15.2 Å². The number of benzene rings is 1. The van der Waals surface area contributed by atoms with Crippen LogP contribution in [0.3, 0.4) is 0 Å². The number of nitro groups is 1. The van der Waals surface area contributed by atoms with Gasteiger partial charge in [0.2, 0.25) is 0 Å². The summed E-state index contributed by atoms with van der Waals surface area (Å²) in [6.07, 6.45) is 2.78. The van der Waals surface area contributed by atoms with Crippen LogP contribution in [0.25, 0.3) is 0 Å². The van der Waals surface area contributed by atoms with Crippen molar-refractivity contribution < 1.29 is 10.0 Å². The summed E-state index contributed by atoms with van der Waals surface area (Å²) < 4.78 is 0.828. The number of aliphatic hydroxyl groups is 1. The summed E-state index contributed by atoms with van der Waals surface area (Å²) in [5.41, 5.74) is 0.992. The Bertz CT molecular complexity index is 453. The molecule has 0 radical (unpaired) electrons. The Balaban J connectivity index is 1.99. The van der Waals surface area contributed by atoms with Crippen molar-refractivity contribution in [2.45, 2.75) is 25.4 Å². The lowest BCUT2D eigenvalue weighted by molar-refractivity contribution is -0.384. The third kappa shape index (κ3) is 3.11. The normalized spacial score (nSPS) is 23.0. The molecule has 2 N–H and O–H groups in total. The second-order valence-electron chi connectivity index (χ2n) is 4.56. The summed E-state index contributed by atoms with van der Waals surface area (Å²) in [5.74, 6) is 0.288. The maximum absolute atomic E-state index is 10.6. The number of nitrogens with zero attached hydrogens (tertiary/aromatic N) is 1. The van der Waals surface area contributed by atoms with Crippen molar-refractivity contribution in [3.05, 3.63) is 31.9 Å². The second kappa shape index (κ2) is 5.83. The van der Waals surface area contributed by atoms with Crippen LogP contribution in [0, 0.1) is 19.6 Å². The van der Waals surface area contributed by atoms with E-state index in [1.807, 2.05) is 0 Å². The number of nitro benzene ring substituents is 1. The highest BCUT2D eigenvalue weighted by Gasteiger charge is 2.24. The molecule has 2 atom stereocenters. The van der Waals surface area contributed by atoms with E-state index in [2.05, 4.69) is 27.9 Å². The molecule has 6 heteroatoms. The van der Waals surface area contributed by atoms with Crippen LogP contribution in [0.15, 0.2) is 18.2 Å². The van der Waals surface area contributed by atoms with Crippen molar-refractivity contribution in [1.82, 2.24) is 0 Å². The standard InChI is InChI=1S/C12H15IN2O3/c13-10-6-9(15(17)18)4-5-11(10)14-7-8-2-1-3-12(8)16/h4-6,8,12,14,16H,1-3,7H2. The van der Waals surface area contributed by atoms with Gasteiger partial charge in [-0.3, -0.25) is 10.1 Å². The van der Waals surface area contributed by atoms with Gasteiger partial charge in [-0.05, 0) is 41.5 Å². The Labute approximate surface area is 119 Å². The van der Waals surface area contributed by atoms with E-state index in [1.165, 1.54) is 6.07 Å². The van der Waals surface area contributed by atoms with E-state index in [-0.39, 0.29) is 17.7 Å². The molecule has 2 unspecified atom stereocenters. The molecule has 1 aromatic rings. The molecule has 0 aromatic heterocycles. The molecule has 1 saturated carbocycles. The number of hydrogen-bond donors (Lipinski definition) is 2. The number of halogens is 1. The lowest BCUT2D eigenvalue weighted by Crippen LogP contribution is -2.22. The number of non-ortho nitro benzene ring substituents is 1. The van der Waals surface area contributed by atoms with Crippen molar-refractivity contribution in [3.63, 3.8) is 0 Å². The molecule has 1 aliphatic rings. The summed E-state index contributed by atoms with van der Waals surface area (Å²) in [4.78, 5) is 10.2. The van der Waals surface area contributed by atoms with Crippen LogP contribution in [0.5, 0.6) is 0 Å². The van der Waals surface area contributed by atoms with Crippen LogP contribution < -0.4 is 5.32 Å². The number of nitrogens with one attached hydrogen (secondary N) is 1. The number of aliphatic hydroxyl groups excluding tert-OH is 1. The molecule has 1 aromatic carbocycles. The molecular weight excluding hydrogens is 347 g/mol. The minimum absolute atomic E-state index is 0.103. The maximum Gasteiger partial charge on any atom is 0.270 e. The van der Waals surface area contributed by atoms with Crippen LogP contribution >= 0.6 is 22.6 Å². The molecule has 0 bridgehead atoms. The smallest absolute Gasteiger partial charge is 0.270 e. The van der Waals surface area contributed by atoms with Gasteiger partial charge in [-0.25, -0.2) is 0 Å². The van der Waals surface area contributed by atoms with E-state index >= 15 is 0 Å². The van der Waals surface area contributed by atoms with Gasteiger partial charge in [0.1, 0.15) is 0 Å². The highest BCUT2D eigenvalue weighted by atomic mass is 127. The van der Waals surface area contributed by atoms with Crippen LogP contribution in [0.4, 0.5) is 11.4 Å². The van der Waals surface area contributed by atoms with Crippen molar-refractivity contribution >= 4 is 34.0 Å². The van der Waals surface area contributed by atoms with Crippen LogP contribution in [0.1, 0.15) is 19.3 Å². The Morgan fingerprint density at radius 1 is 1.50 bits per heavy atom. The van der Waals surface area contributed by atoms with Crippen molar-refractivity contribution in [2.24, 2.45) is 5.92 Å². The third-order valence-corrected chi connectivity index (χ3v) is 4.23. The first kappa shape index (κ1) is 13.5. The van der Waals surface area contributed by atoms with Crippen molar-refractivity contribution in [1.29, 1.82) is 0 Å². The maximum atomic E-state index is 10.6. The van der Waals surface area contributed by atoms with E-state index in [1.54, 1.807) is 12.1 Å². The number of rotatable bonds is 4. The molecule has 0 saturated heterocycles. The van der Waals surface area contributed by atoms with Crippen molar-refractivity contribution in [3.8, 4) is 0 Å². The molecular formula is C12H15IN2O3. The van der Waals surface area contributed by atoms with E-state index in [0.29, 0.717) is 0 Å². The lowest BCUT2D eigenvalue weighted by atomic mass is 10.1. The van der Waals surface area contributed by atoms with Gasteiger partial charge in [0.25, 0.3) is 5.69 Å². The summed E-state index contributed by atoms with van der Waals surface area (Å²) in [7, 11) is 0. The fraction of sp³-hybridized carbons (Fsp3) is 0.500. The molecule has 1 fully saturated rings. The van der Waals surface area contributed by atoms with Gasteiger partial charge in [-0.1, -0.05) is 6.42 Å². The van der Waals surface area contributed by atoms with Gasteiger partial charge in [0.05, 0.1) is 11.0 Å². The largest absolute Gasteiger partial charge is 0.393 e. The zero-order valence-electron chi connectivity index (χ0n) is 9.80. The fourth-order valence-electron chi connectivity index (χ4n) is 2.26. The van der Waals surface area contributed by atoms with Gasteiger partial charge in [0.15, 0.2) is 0 Å². The molecule has 2 rings (SSSR count). The van der Waals surface area contributed by atoms with Crippen LogP contribution in [0.2, 0.25) is 0 Å². The minimum Gasteiger partial charge on any atom is -0.393 e. The van der Waals surface area contributed by atoms with Gasteiger partial charge >= 0.3 is 0 Å². The predicted octanol–water partition coefficient (Wildman–Crippen LogP) is 2.77. The first-order valence-electron chi connectivity index (χ1n) is 5.94. The first-order chi connectivity index (χ1) is 8.58. The fourth-order valence-corrected chi connectivity index (χ4v) is 2.95. The van der Waals surface area contributed by atoms with E-state index in [0.717, 1.165) is 35.1 Å². The molecule has 0 aliphatic heterocycles. The molecule has 5 nitrogen and oxygen atoms in total. The number of anilines is 1. The summed E-state index contributed by atoms with van der Waals surface area (Å²) >= 11 is 2.08. The topological polar surface area (TPSA) is 75.4 Å². The van der Waals surface area contributed by atoms with E-state index in [4.69, 9.17) is 0 Å². The zero-order chi connectivity index (χ0) is 13.1. The summed E-state index contributed by atoms with van der Waals surface area (Å²) in [6.45, 7) is 0.717. The zero-order valence-corrected chi connectivity index (χ0v) is 12.0. The Kier molecular flexibility index (Phi) is 4.39. The van der Waals surface area contributed by atoms with Crippen molar-refractivity contribution in [2.75, 3.05) is 11.9 Å². The highest BCUT2D eigenvalue weighted by Crippen LogP contribution is 2.28. The third-order valence-electron chi connectivity index (χ3n) is 3.34. The Morgan fingerprint density at radius 3 is 2.83 bits per heavy atom. The van der Waals surface area contributed by atoms with Gasteiger partial charge in [-0.2, -0.15) is 0 Å². The molecule has 98 valence electrons. The quantitative estimate of drug-likeness (QED) is 0.491. The lowest BCUT2D eigenvalue weighted by Gasteiger charge is -2.16. The SMILES string of the molecule is O=[N+]([O-])c1ccc(NCC2CCCC2O)c(I)c1. The second-order valence-corrected chi connectivity index (χ2v) is 5.72. The molecule has 0 spiro atoms. The molecule has 1 aliphatic carbocycles. The average Bonchev–Trinajstić information content (AvgIpc) is 2.73. The van der Waals surface area contributed by atoms with E-state index < -0.39 is 4.92 Å². The van der Waals surface area contributed by atoms with Gasteiger partial charge < -0.3 is 10.4 Å². The van der Waals surface area contributed by atoms with Crippen LogP contribution in [-0.4, -0.2) is 22.7 Å². The monoisotopic (exact) mass is 362 g/mol. The Hall–Kier alpha value is -0.890. The number of hydrogen-bond acceptors (Lipinski definition) is 4. The van der Waals surface area contributed by atoms with Gasteiger partial charge in [0, 0.05) is 33.9 Å². The molecule has 0 amide bonds. The summed E-state index contributed by atoms with van der Waals surface area (Å²) in [6, 6.07) is 4.77. The highest BCUT2D eigenvalue weighted by molar-refractivity contribution is 14.1. The first-order valence-corrected chi connectivity index (χ1v) is 7.01. The average molecular weight is 362 g/mol. The Morgan fingerprint density at radius 2 is 2.28 bits per heavy atom. The summed E-state index contributed by atoms with van der Waals surface area (Å²) in [5, 5.41) is 23.6. The predicted molar refractivity (Wildman–Crippen MR) is 77.7 cm³/mol. The molecule has 0 heterocycles. The van der Waals surface area contributed by atoms with Crippen LogP contribution in [-0.2, 0) is 0 Å². The minimum atomic E-state index is -0.396. The molecule has 18 heavy (non-hydrogen) atoms. The van der Waals surface area contributed by atoms with Gasteiger partial charge in [-0.15, -0.1) is 0 Å².